The number of nitrogens with zero attached hydrogens (tertiary/aromatic N) is 2. The second-order valence-electron chi connectivity index (χ2n) is 6.27. The Balaban J connectivity index is 2.07. The highest BCUT2D eigenvalue weighted by Gasteiger charge is 2.17. The van der Waals surface area contributed by atoms with E-state index in [1.807, 2.05) is 0 Å². The molecule has 0 spiro atoms. The van der Waals surface area contributed by atoms with Gasteiger partial charge in [0.1, 0.15) is 23.3 Å². The van der Waals surface area contributed by atoms with E-state index >= 15 is 0 Å². The second-order valence-corrected chi connectivity index (χ2v) is 6.27. The summed E-state index contributed by atoms with van der Waals surface area (Å²) in [6.45, 7) is 6.90. The number of nitro groups is 1. The Hall–Kier alpha value is -3.16. The van der Waals surface area contributed by atoms with Crippen molar-refractivity contribution in [3.63, 3.8) is 0 Å². The van der Waals surface area contributed by atoms with E-state index in [9.17, 15) is 14.9 Å². The first-order valence-corrected chi connectivity index (χ1v) is 7.53. The molecule has 132 valence electrons. The smallest absolute Gasteiger partial charge is 0.412 e. The van der Waals surface area contributed by atoms with Crippen LogP contribution >= 0.6 is 0 Å². The third-order valence-corrected chi connectivity index (χ3v) is 3.03. The van der Waals surface area contributed by atoms with Crippen molar-refractivity contribution >= 4 is 17.6 Å². The lowest BCUT2D eigenvalue weighted by Crippen LogP contribution is -2.27. The number of aromatic nitrogens is 1. The molecular weight excluding hydrogens is 326 g/mol. The third-order valence-electron chi connectivity index (χ3n) is 3.03. The van der Waals surface area contributed by atoms with E-state index in [4.69, 9.17) is 9.47 Å². The largest absolute Gasteiger partial charge is 0.457 e. The molecule has 1 N–H and O–H groups in total. The summed E-state index contributed by atoms with van der Waals surface area (Å²) < 4.78 is 10.8. The fourth-order valence-corrected chi connectivity index (χ4v) is 1.96. The Morgan fingerprint density at radius 3 is 2.40 bits per heavy atom. The van der Waals surface area contributed by atoms with E-state index in [0.717, 1.165) is 0 Å². The summed E-state index contributed by atoms with van der Waals surface area (Å²) in [6.07, 6.45) is 0.764. The number of nitrogens with one attached hydrogen (secondary N) is 1. The summed E-state index contributed by atoms with van der Waals surface area (Å²) in [6, 6.07) is 8.11. The monoisotopic (exact) mass is 345 g/mol. The molecule has 0 aliphatic rings. The van der Waals surface area contributed by atoms with Gasteiger partial charge in [-0.25, -0.2) is 4.79 Å². The number of hydrogen-bond acceptors (Lipinski definition) is 6. The summed E-state index contributed by atoms with van der Waals surface area (Å²) in [5.41, 5.74) is 0.295. The molecule has 1 amide bonds. The Morgan fingerprint density at radius 2 is 1.84 bits per heavy atom. The normalized spacial score (nSPS) is 10.9. The zero-order chi connectivity index (χ0) is 18.6. The van der Waals surface area contributed by atoms with Crippen LogP contribution in [-0.2, 0) is 4.74 Å². The average Bonchev–Trinajstić information content (AvgIpc) is 2.49. The molecule has 0 aliphatic heterocycles. The molecule has 0 saturated heterocycles. The lowest BCUT2D eigenvalue weighted by Gasteiger charge is -2.19. The van der Waals surface area contributed by atoms with Gasteiger partial charge in [-0.05, 0) is 61.9 Å². The van der Waals surface area contributed by atoms with Crippen LogP contribution < -0.4 is 10.1 Å². The molecule has 1 aromatic carbocycles. The van der Waals surface area contributed by atoms with Crippen LogP contribution in [0.1, 0.15) is 26.3 Å². The maximum atomic E-state index is 11.7. The number of carbonyl (C=O) groups is 1. The molecule has 0 saturated carbocycles. The number of benzene rings is 1. The fourth-order valence-electron chi connectivity index (χ4n) is 1.96. The maximum absolute atomic E-state index is 11.7. The predicted molar refractivity (Wildman–Crippen MR) is 92.0 cm³/mol. The van der Waals surface area contributed by atoms with Gasteiger partial charge in [0.05, 0.1) is 5.56 Å². The van der Waals surface area contributed by atoms with Gasteiger partial charge >= 0.3 is 11.9 Å². The van der Waals surface area contributed by atoms with Crippen molar-refractivity contribution in [2.24, 2.45) is 0 Å². The summed E-state index contributed by atoms with van der Waals surface area (Å²) in [5.74, 6) is 0.564. The maximum Gasteiger partial charge on any atom is 0.412 e. The van der Waals surface area contributed by atoms with Crippen molar-refractivity contribution < 1.29 is 19.2 Å². The van der Waals surface area contributed by atoms with Gasteiger partial charge in [0.2, 0.25) is 0 Å². The molecule has 0 fully saturated rings. The van der Waals surface area contributed by atoms with Crippen LogP contribution in [0.15, 0.2) is 36.5 Å². The number of anilines is 1. The molecule has 2 aromatic rings. The zero-order valence-electron chi connectivity index (χ0n) is 14.4. The third kappa shape index (κ3) is 5.17. The van der Waals surface area contributed by atoms with E-state index in [2.05, 4.69) is 10.3 Å². The topological polar surface area (TPSA) is 104 Å². The molecule has 8 nitrogen and oxygen atoms in total. The van der Waals surface area contributed by atoms with E-state index in [-0.39, 0.29) is 5.82 Å². The average molecular weight is 345 g/mol. The van der Waals surface area contributed by atoms with E-state index < -0.39 is 16.6 Å². The fraction of sp³-hybridized carbons (Fsp3) is 0.294. The van der Waals surface area contributed by atoms with Gasteiger partial charge in [0, 0.05) is 11.8 Å². The van der Waals surface area contributed by atoms with Crippen LogP contribution in [0.2, 0.25) is 0 Å². The second kappa shape index (κ2) is 7.16. The van der Waals surface area contributed by atoms with E-state index in [1.165, 1.54) is 6.20 Å². The molecule has 0 atom stereocenters. The first-order valence-electron chi connectivity index (χ1n) is 7.53. The van der Waals surface area contributed by atoms with Gasteiger partial charge < -0.3 is 19.6 Å². The van der Waals surface area contributed by atoms with Gasteiger partial charge in [0.15, 0.2) is 0 Å². The van der Waals surface area contributed by atoms with Crippen molar-refractivity contribution in [1.29, 1.82) is 0 Å². The molecule has 0 unspecified atom stereocenters. The molecular formula is C17H19N3O5. The quantitative estimate of drug-likeness (QED) is 0.649. The van der Waals surface area contributed by atoms with Crippen LogP contribution in [-0.4, -0.2) is 21.6 Å². The first-order chi connectivity index (χ1) is 11.7. The molecule has 25 heavy (non-hydrogen) atoms. The van der Waals surface area contributed by atoms with Crippen LogP contribution in [0, 0.1) is 17.0 Å². The van der Waals surface area contributed by atoms with Crippen molar-refractivity contribution in [1.82, 2.24) is 4.98 Å². The number of hydrogen-bond donors (Lipinski definition) is 1. The highest BCUT2D eigenvalue weighted by Crippen LogP contribution is 2.29. The van der Waals surface area contributed by atoms with Crippen LogP contribution in [0.4, 0.5) is 16.3 Å². The highest BCUT2D eigenvalue weighted by atomic mass is 16.6. The molecule has 0 radical (unpaired) electrons. The molecule has 1 heterocycles. The Morgan fingerprint density at radius 1 is 1.20 bits per heavy atom. The van der Waals surface area contributed by atoms with Crippen LogP contribution in [0.25, 0.3) is 0 Å². The van der Waals surface area contributed by atoms with Crippen molar-refractivity contribution in [3.8, 4) is 11.5 Å². The molecule has 2 rings (SSSR count). The summed E-state index contributed by atoms with van der Waals surface area (Å²) in [5, 5.41) is 13.5. The van der Waals surface area contributed by atoms with Crippen LogP contribution in [0.3, 0.4) is 0 Å². The summed E-state index contributed by atoms with van der Waals surface area (Å²) in [7, 11) is 0. The Labute approximate surface area is 144 Å². The number of pyridine rings is 1. The summed E-state index contributed by atoms with van der Waals surface area (Å²) in [4.78, 5) is 25.8. The van der Waals surface area contributed by atoms with Gasteiger partial charge in [-0.15, -0.1) is 0 Å². The van der Waals surface area contributed by atoms with E-state index in [1.54, 1.807) is 58.0 Å². The number of carbonyl (C=O) groups excluding carboxylic acids is 1. The van der Waals surface area contributed by atoms with Gasteiger partial charge in [-0.3, -0.25) is 5.32 Å². The van der Waals surface area contributed by atoms with Crippen LogP contribution in [0.5, 0.6) is 11.5 Å². The lowest BCUT2D eigenvalue weighted by atomic mass is 10.2. The molecule has 0 aliphatic carbocycles. The SMILES string of the molecule is Cc1c(Oc2ccc(NC(=O)OC(C)(C)C)cc2)ccnc1[N+](=O)[O-]. The molecule has 1 aromatic heterocycles. The Bertz CT molecular complexity index is 782. The minimum absolute atomic E-state index is 0.249. The number of rotatable bonds is 4. The predicted octanol–water partition coefficient (Wildman–Crippen LogP) is 4.44. The van der Waals surface area contributed by atoms with Gasteiger partial charge in [-0.2, -0.15) is 0 Å². The van der Waals surface area contributed by atoms with Gasteiger partial charge in [-0.1, -0.05) is 0 Å². The standard InChI is InChI=1S/C17H19N3O5/c1-11-14(9-10-18-15(11)20(22)23)24-13-7-5-12(6-8-13)19-16(21)25-17(2,3)4/h5-10H,1-4H3,(H,19,21). The first kappa shape index (κ1) is 18.2. The van der Waals surface area contributed by atoms with Gasteiger partial charge in [0.25, 0.3) is 0 Å². The number of amides is 1. The summed E-state index contributed by atoms with van der Waals surface area (Å²) >= 11 is 0. The lowest BCUT2D eigenvalue weighted by molar-refractivity contribution is -0.390. The zero-order valence-corrected chi connectivity index (χ0v) is 14.4. The van der Waals surface area contributed by atoms with E-state index in [0.29, 0.717) is 22.7 Å². The van der Waals surface area contributed by atoms with Crippen molar-refractivity contribution in [2.75, 3.05) is 5.32 Å². The molecule has 8 heteroatoms. The molecule has 0 bridgehead atoms. The number of ether oxygens (including phenoxy) is 2. The van der Waals surface area contributed by atoms with Crippen molar-refractivity contribution in [3.05, 3.63) is 52.2 Å². The Kier molecular flexibility index (Phi) is 5.21. The minimum Gasteiger partial charge on any atom is -0.457 e. The highest BCUT2D eigenvalue weighted by molar-refractivity contribution is 5.84. The van der Waals surface area contributed by atoms with Crippen molar-refractivity contribution in [2.45, 2.75) is 33.3 Å². The minimum atomic E-state index is -0.583.